The minimum atomic E-state index is -3.43. The molecule has 0 unspecified atom stereocenters. The van der Waals surface area contributed by atoms with Crippen molar-refractivity contribution in [2.24, 2.45) is 0 Å². The molecule has 0 aliphatic rings. The van der Waals surface area contributed by atoms with Crippen LogP contribution >= 0.6 is 27.5 Å². The van der Waals surface area contributed by atoms with E-state index < -0.39 is 15.2 Å². The van der Waals surface area contributed by atoms with E-state index in [1.54, 1.807) is 0 Å². The molecule has 84 valence electrons. The minimum Gasteiger partial charge on any atom is -0.282 e. The summed E-state index contributed by atoms with van der Waals surface area (Å²) in [7, 11) is -3.43. The first kappa shape index (κ1) is 12.8. The standard InChI is InChI=1S/C9H11BrClNO2S/c1-6-3-8(10)4-7(2)9(6)12-15(13,14)5-11/h3-4,12H,5H2,1-2H3. The Morgan fingerprint density at radius 3 is 2.20 bits per heavy atom. The number of hydrogen-bond acceptors (Lipinski definition) is 2. The van der Waals surface area contributed by atoms with E-state index in [0.717, 1.165) is 15.6 Å². The molecule has 0 aromatic heterocycles. The second-order valence-corrected chi connectivity index (χ2v) is 6.46. The molecule has 1 aromatic rings. The van der Waals surface area contributed by atoms with Crippen LogP contribution in [0.15, 0.2) is 16.6 Å². The van der Waals surface area contributed by atoms with Gasteiger partial charge in [-0.05, 0) is 37.1 Å². The number of anilines is 1. The fourth-order valence-corrected chi connectivity index (χ4v) is 2.79. The molecule has 0 atom stereocenters. The molecular formula is C9H11BrClNO2S. The van der Waals surface area contributed by atoms with Gasteiger partial charge in [0.05, 0.1) is 5.69 Å². The lowest BCUT2D eigenvalue weighted by Gasteiger charge is -2.12. The summed E-state index contributed by atoms with van der Waals surface area (Å²) in [5.74, 6) is 0. The zero-order chi connectivity index (χ0) is 11.6. The van der Waals surface area contributed by atoms with Gasteiger partial charge in [0.1, 0.15) is 5.21 Å². The van der Waals surface area contributed by atoms with E-state index in [1.807, 2.05) is 26.0 Å². The van der Waals surface area contributed by atoms with Crippen LogP contribution in [-0.4, -0.2) is 13.6 Å². The van der Waals surface area contributed by atoms with Crippen molar-refractivity contribution < 1.29 is 8.42 Å². The maximum atomic E-state index is 11.3. The number of nitrogens with one attached hydrogen (secondary N) is 1. The average Bonchev–Trinajstić information content (AvgIpc) is 2.11. The molecule has 3 nitrogen and oxygen atoms in total. The van der Waals surface area contributed by atoms with Crippen molar-refractivity contribution in [2.45, 2.75) is 13.8 Å². The quantitative estimate of drug-likeness (QED) is 0.872. The van der Waals surface area contributed by atoms with Gasteiger partial charge in [0.25, 0.3) is 0 Å². The Hall–Kier alpha value is -0.260. The molecule has 0 aliphatic carbocycles. The highest BCUT2D eigenvalue weighted by Crippen LogP contribution is 2.26. The molecule has 1 N–H and O–H groups in total. The molecule has 15 heavy (non-hydrogen) atoms. The molecule has 0 aliphatic heterocycles. The molecule has 0 spiro atoms. The van der Waals surface area contributed by atoms with Crippen LogP contribution in [0.5, 0.6) is 0 Å². The van der Waals surface area contributed by atoms with Gasteiger partial charge < -0.3 is 0 Å². The first-order chi connectivity index (χ1) is 6.85. The van der Waals surface area contributed by atoms with E-state index in [4.69, 9.17) is 11.6 Å². The first-order valence-corrected chi connectivity index (χ1v) is 7.17. The van der Waals surface area contributed by atoms with Crippen molar-refractivity contribution in [3.8, 4) is 0 Å². The number of aryl methyl sites for hydroxylation is 2. The van der Waals surface area contributed by atoms with Gasteiger partial charge in [0.2, 0.25) is 10.0 Å². The van der Waals surface area contributed by atoms with Gasteiger partial charge in [-0.1, -0.05) is 15.9 Å². The number of sulfonamides is 1. The van der Waals surface area contributed by atoms with Crippen LogP contribution in [0.4, 0.5) is 5.69 Å². The van der Waals surface area contributed by atoms with Crippen molar-refractivity contribution >= 4 is 43.2 Å². The first-order valence-electron chi connectivity index (χ1n) is 4.19. The Balaban J connectivity index is 3.17. The summed E-state index contributed by atoms with van der Waals surface area (Å²) in [6.45, 7) is 3.67. The van der Waals surface area contributed by atoms with Crippen molar-refractivity contribution in [1.82, 2.24) is 0 Å². The molecule has 1 rings (SSSR count). The van der Waals surface area contributed by atoms with Crippen LogP contribution in [-0.2, 0) is 10.0 Å². The smallest absolute Gasteiger partial charge is 0.246 e. The highest BCUT2D eigenvalue weighted by molar-refractivity contribution is 9.10. The maximum Gasteiger partial charge on any atom is 0.246 e. The van der Waals surface area contributed by atoms with Crippen molar-refractivity contribution in [2.75, 3.05) is 9.93 Å². The summed E-state index contributed by atoms with van der Waals surface area (Å²) < 4.78 is 26.0. The zero-order valence-corrected chi connectivity index (χ0v) is 11.5. The number of hydrogen-bond donors (Lipinski definition) is 1. The second-order valence-electron chi connectivity index (χ2n) is 3.24. The van der Waals surface area contributed by atoms with Crippen LogP contribution in [0, 0.1) is 13.8 Å². The molecular weight excluding hydrogens is 302 g/mol. The molecule has 0 fully saturated rings. The second kappa shape index (κ2) is 4.72. The summed E-state index contributed by atoms with van der Waals surface area (Å²) in [6, 6.07) is 3.69. The van der Waals surface area contributed by atoms with E-state index in [2.05, 4.69) is 20.7 Å². The number of benzene rings is 1. The molecule has 0 heterocycles. The SMILES string of the molecule is Cc1cc(Br)cc(C)c1NS(=O)(=O)CCl. The molecule has 0 radical (unpaired) electrons. The average molecular weight is 313 g/mol. The Bertz CT molecular complexity index is 450. The maximum absolute atomic E-state index is 11.3. The predicted molar refractivity (Wildman–Crippen MR) is 66.9 cm³/mol. The number of rotatable bonds is 3. The monoisotopic (exact) mass is 311 g/mol. The van der Waals surface area contributed by atoms with Gasteiger partial charge in [0, 0.05) is 4.47 Å². The van der Waals surface area contributed by atoms with Gasteiger partial charge in [-0.15, -0.1) is 11.6 Å². The van der Waals surface area contributed by atoms with Gasteiger partial charge in [-0.25, -0.2) is 8.42 Å². The molecule has 6 heteroatoms. The van der Waals surface area contributed by atoms with Crippen LogP contribution < -0.4 is 4.72 Å². The Morgan fingerprint density at radius 1 is 1.33 bits per heavy atom. The largest absolute Gasteiger partial charge is 0.282 e. The third-order valence-electron chi connectivity index (χ3n) is 1.90. The fourth-order valence-electron chi connectivity index (χ4n) is 1.25. The lowest BCUT2D eigenvalue weighted by molar-refractivity contribution is 0.605. The zero-order valence-electron chi connectivity index (χ0n) is 8.34. The summed E-state index contributed by atoms with van der Waals surface area (Å²) in [6.07, 6.45) is 0. The third-order valence-corrected chi connectivity index (χ3v) is 4.02. The van der Waals surface area contributed by atoms with Crippen LogP contribution in [0.1, 0.15) is 11.1 Å². The topological polar surface area (TPSA) is 46.2 Å². The third kappa shape index (κ3) is 3.36. The molecule has 0 saturated heterocycles. The van der Waals surface area contributed by atoms with Crippen molar-refractivity contribution in [3.05, 3.63) is 27.7 Å². The van der Waals surface area contributed by atoms with E-state index in [9.17, 15) is 8.42 Å². The van der Waals surface area contributed by atoms with Crippen LogP contribution in [0.25, 0.3) is 0 Å². The van der Waals surface area contributed by atoms with Gasteiger partial charge in [-0.3, -0.25) is 4.72 Å². The number of alkyl halides is 1. The van der Waals surface area contributed by atoms with Gasteiger partial charge in [-0.2, -0.15) is 0 Å². The highest BCUT2D eigenvalue weighted by Gasteiger charge is 2.12. The van der Waals surface area contributed by atoms with Crippen LogP contribution in [0.3, 0.4) is 0 Å². The lowest BCUT2D eigenvalue weighted by Crippen LogP contribution is -2.15. The fraction of sp³-hybridized carbons (Fsp3) is 0.333. The Morgan fingerprint density at radius 2 is 1.80 bits per heavy atom. The summed E-state index contributed by atoms with van der Waals surface area (Å²) in [5.41, 5.74) is 2.31. The normalized spacial score (nSPS) is 11.5. The Labute approximate surface area is 103 Å². The molecule has 1 aromatic carbocycles. The highest BCUT2D eigenvalue weighted by atomic mass is 79.9. The Kier molecular flexibility index (Phi) is 4.03. The predicted octanol–water partition coefficient (Wildman–Crippen LogP) is 3.00. The number of halogens is 2. The summed E-state index contributed by atoms with van der Waals surface area (Å²) in [5, 5.41) is -0.443. The van der Waals surface area contributed by atoms with Crippen molar-refractivity contribution in [3.63, 3.8) is 0 Å². The van der Waals surface area contributed by atoms with Crippen molar-refractivity contribution in [1.29, 1.82) is 0 Å². The lowest BCUT2D eigenvalue weighted by atomic mass is 10.1. The van der Waals surface area contributed by atoms with Gasteiger partial charge in [0.15, 0.2) is 0 Å². The molecule has 0 amide bonds. The minimum absolute atomic E-state index is 0.443. The molecule has 0 bridgehead atoms. The van der Waals surface area contributed by atoms with E-state index >= 15 is 0 Å². The van der Waals surface area contributed by atoms with Crippen LogP contribution in [0.2, 0.25) is 0 Å². The molecule has 0 saturated carbocycles. The van der Waals surface area contributed by atoms with E-state index in [1.165, 1.54) is 0 Å². The summed E-state index contributed by atoms with van der Waals surface area (Å²) in [4.78, 5) is 0. The van der Waals surface area contributed by atoms with E-state index in [-0.39, 0.29) is 0 Å². The van der Waals surface area contributed by atoms with E-state index in [0.29, 0.717) is 5.69 Å². The summed E-state index contributed by atoms with van der Waals surface area (Å²) >= 11 is 8.66. The van der Waals surface area contributed by atoms with Gasteiger partial charge >= 0.3 is 0 Å².